The first-order valence-corrected chi connectivity index (χ1v) is 5.89. The third-order valence-corrected chi connectivity index (χ3v) is 2.94. The maximum atomic E-state index is 4.35. The highest BCUT2D eigenvalue weighted by Crippen LogP contribution is 2.25. The highest BCUT2D eigenvalue weighted by atomic mass is 15.5. The van der Waals surface area contributed by atoms with E-state index in [2.05, 4.69) is 53.6 Å². The van der Waals surface area contributed by atoms with Crippen molar-refractivity contribution >= 4 is 11.9 Å². The van der Waals surface area contributed by atoms with Crippen molar-refractivity contribution in [1.29, 1.82) is 0 Å². The number of benzene rings is 2. The second kappa shape index (κ2) is 4.42. The van der Waals surface area contributed by atoms with Crippen LogP contribution in [0.4, 0.5) is 5.69 Å². The fourth-order valence-corrected chi connectivity index (χ4v) is 2.07. The summed E-state index contributed by atoms with van der Waals surface area (Å²) in [6.07, 6.45) is 3.00. The van der Waals surface area contributed by atoms with Gasteiger partial charge >= 0.3 is 0 Å². The van der Waals surface area contributed by atoms with Gasteiger partial charge in [-0.2, -0.15) is 5.10 Å². The van der Waals surface area contributed by atoms with Crippen LogP contribution >= 0.6 is 0 Å². The predicted octanol–water partition coefficient (Wildman–Crippen LogP) is 3.55. The average molecular weight is 222 g/mol. The van der Waals surface area contributed by atoms with Crippen molar-refractivity contribution in [2.24, 2.45) is 5.10 Å². The van der Waals surface area contributed by atoms with Gasteiger partial charge in [0.05, 0.1) is 5.69 Å². The lowest BCUT2D eigenvalue weighted by molar-refractivity contribution is 0.922. The standard InChI is InChI=1S/C15H14N2/c1-2-6-13(7-3-1)14-8-4-9-15(12-14)17-11-5-10-16-17/h1-4,6-10,12H,5,11H2. The number of hydrogen-bond donors (Lipinski definition) is 0. The summed E-state index contributed by atoms with van der Waals surface area (Å²) in [5.74, 6) is 0. The van der Waals surface area contributed by atoms with Crippen molar-refractivity contribution < 1.29 is 0 Å². The van der Waals surface area contributed by atoms with Crippen LogP contribution in [-0.4, -0.2) is 12.8 Å². The van der Waals surface area contributed by atoms with Gasteiger partial charge in [-0.25, -0.2) is 0 Å². The Morgan fingerprint density at radius 2 is 1.71 bits per heavy atom. The Balaban J connectivity index is 1.97. The van der Waals surface area contributed by atoms with Gasteiger partial charge in [-0.1, -0.05) is 42.5 Å². The molecule has 0 radical (unpaired) electrons. The lowest BCUT2D eigenvalue weighted by Crippen LogP contribution is -2.11. The smallest absolute Gasteiger partial charge is 0.0600 e. The van der Waals surface area contributed by atoms with E-state index >= 15 is 0 Å². The van der Waals surface area contributed by atoms with Gasteiger partial charge in [0, 0.05) is 19.2 Å². The Kier molecular flexibility index (Phi) is 2.62. The van der Waals surface area contributed by atoms with E-state index in [1.54, 1.807) is 0 Å². The van der Waals surface area contributed by atoms with Crippen LogP contribution in [0.5, 0.6) is 0 Å². The molecule has 0 atom stereocenters. The highest BCUT2D eigenvalue weighted by molar-refractivity contribution is 5.71. The summed E-state index contributed by atoms with van der Waals surface area (Å²) in [7, 11) is 0. The quantitative estimate of drug-likeness (QED) is 0.758. The van der Waals surface area contributed by atoms with Crippen LogP contribution in [-0.2, 0) is 0 Å². The zero-order valence-corrected chi connectivity index (χ0v) is 9.58. The molecule has 0 aromatic heterocycles. The van der Waals surface area contributed by atoms with Gasteiger partial charge in [0.25, 0.3) is 0 Å². The first kappa shape index (κ1) is 10.1. The fourth-order valence-electron chi connectivity index (χ4n) is 2.07. The van der Waals surface area contributed by atoms with Crippen molar-refractivity contribution in [3.8, 4) is 11.1 Å². The summed E-state index contributed by atoms with van der Waals surface area (Å²) in [6.45, 7) is 0.984. The Morgan fingerprint density at radius 1 is 0.882 bits per heavy atom. The van der Waals surface area contributed by atoms with Crippen LogP contribution < -0.4 is 5.01 Å². The Bertz CT molecular complexity index is 532. The monoisotopic (exact) mass is 222 g/mol. The number of nitrogens with zero attached hydrogens (tertiary/aromatic N) is 2. The molecule has 0 fully saturated rings. The molecular formula is C15H14N2. The van der Waals surface area contributed by atoms with Crippen LogP contribution in [0.1, 0.15) is 6.42 Å². The van der Waals surface area contributed by atoms with Gasteiger partial charge in [0.15, 0.2) is 0 Å². The van der Waals surface area contributed by atoms with E-state index in [1.807, 2.05) is 17.3 Å². The largest absolute Gasteiger partial charge is 0.265 e. The summed E-state index contributed by atoms with van der Waals surface area (Å²) in [5.41, 5.74) is 3.66. The van der Waals surface area contributed by atoms with Gasteiger partial charge in [0.1, 0.15) is 0 Å². The summed E-state index contributed by atoms with van der Waals surface area (Å²) in [4.78, 5) is 0. The summed E-state index contributed by atoms with van der Waals surface area (Å²) in [5, 5.41) is 6.40. The van der Waals surface area contributed by atoms with Gasteiger partial charge in [0.2, 0.25) is 0 Å². The molecular weight excluding hydrogens is 208 g/mol. The van der Waals surface area contributed by atoms with E-state index in [1.165, 1.54) is 16.8 Å². The molecule has 0 aliphatic carbocycles. The molecule has 1 heterocycles. The minimum Gasteiger partial charge on any atom is -0.265 e. The van der Waals surface area contributed by atoms with Crippen molar-refractivity contribution in [1.82, 2.24) is 0 Å². The molecule has 1 aliphatic heterocycles. The Morgan fingerprint density at radius 3 is 2.47 bits per heavy atom. The molecule has 0 saturated carbocycles. The summed E-state index contributed by atoms with van der Waals surface area (Å²) < 4.78 is 0. The van der Waals surface area contributed by atoms with Crippen molar-refractivity contribution in [2.75, 3.05) is 11.6 Å². The van der Waals surface area contributed by atoms with E-state index < -0.39 is 0 Å². The van der Waals surface area contributed by atoms with E-state index in [0.29, 0.717) is 0 Å². The van der Waals surface area contributed by atoms with Crippen LogP contribution in [0.15, 0.2) is 59.7 Å². The maximum absolute atomic E-state index is 4.35. The number of hydrogen-bond acceptors (Lipinski definition) is 2. The summed E-state index contributed by atoms with van der Waals surface area (Å²) in [6, 6.07) is 19.0. The first-order chi connectivity index (χ1) is 8.43. The molecule has 1 aliphatic rings. The van der Waals surface area contributed by atoms with Crippen LogP contribution in [0.25, 0.3) is 11.1 Å². The van der Waals surface area contributed by atoms with Gasteiger partial charge in [-0.15, -0.1) is 0 Å². The van der Waals surface area contributed by atoms with Crippen molar-refractivity contribution in [2.45, 2.75) is 6.42 Å². The Hall–Kier alpha value is -2.09. The zero-order chi connectivity index (χ0) is 11.5. The molecule has 0 unspecified atom stereocenters. The van der Waals surface area contributed by atoms with Crippen molar-refractivity contribution in [3.05, 3.63) is 54.6 Å². The number of anilines is 1. The highest BCUT2D eigenvalue weighted by Gasteiger charge is 2.08. The Labute approximate surface area is 101 Å². The van der Waals surface area contributed by atoms with Crippen molar-refractivity contribution in [3.63, 3.8) is 0 Å². The second-order valence-electron chi connectivity index (χ2n) is 4.13. The fraction of sp³-hybridized carbons (Fsp3) is 0.133. The topological polar surface area (TPSA) is 15.6 Å². The maximum Gasteiger partial charge on any atom is 0.0600 e. The van der Waals surface area contributed by atoms with E-state index in [0.717, 1.165) is 13.0 Å². The molecule has 2 nitrogen and oxygen atoms in total. The molecule has 0 N–H and O–H groups in total. The zero-order valence-electron chi connectivity index (χ0n) is 9.58. The molecule has 17 heavy (non-hydrogen) atoms. The second-order valence-corrected chi connectivity index (χ2v) is 4.13. The molecule has 0 spiro atoms. The first-order valence-electron chi connectivity index (χ1n) is 5.89. The lowest BCUT2D eigenvalue weighted by Gasteiger charge is -2.14. The van der Waals surface area contributed by atoms with Crippen LogP contribution in [0.2, 0.25) is 0 Å². The molecule has 3 rings (SSSR count). The average Bonchev–Trinajstić information content (AvgIpc) is 2.94. The van der Waals surface area contributed by atoms with E-state index in [9.17, 15) is 0 Å². The normalized spacial score (nSPS) is 14.2. The van der Waals surface area contributed by atoms with E-state index in [4.69, 9.17) is 0 Å². The molecule has 0 amide bonds. The van der Waals surface area contributed by atoms with Gasteiger partial charge < -0.3 is 0 Å². The molecule has 0 saturated heterocycles. The number of hydrazone groups is 1. The summed E-state index contributed by atoms with van der Waals surface area (Å²) >= 11 is 0. The lowest BCUT2D eigenvalue weighted by atomic mass is 10.1. The molecule has 84 valence electrons. The van der Waals surface area contributed by atoms with Gasteiger partial charge in [-0.3, -0.25) is 5.01 Å². The third kappa shape index (κ3) is 2.07. The minimum atomic E-state index is 0.984. The molecule has 2 aromatic carbocycles. The SMILES string of the molecule is C1=NN(c2cccc(-c3ccccc3)c2)CC1. The van der Waals surface area contributed by atoms with Gasteiger partial charge in [-0.05, 0) is 23.3 Å². The third-order valence-electron chi connectivity index (χ3n) is 2.94. The molecule has 0 bridgehead atoms. The minimum absolute atomic E-state index is 0.984. The predicted molar refractivity (Wildman–Crippen MR) is 72.3 cm³/mol. The molecule has 2 aromatic rings. The number of rotatable bonds is 2. The van der Waals surface area contributed by atoms with Crippen LogP contribution in [0, 0.1) is 0 Å². The van der Waals surface area contributed by atoms with Crippen LogP contribution in [0.3, 0.4) is 0 Å². The van der Waals surface area contributed by atoms with E-state index in [-0.39, 0.29) is 0 Å². The molecule has 2 heteroatoms.